The third-order valence-electron chi connectivity index (χ3n) is 7.47. The maximum Gasteiger partial charge on any atom is 0.237 e. The minimum Gasteiger partial charge on any atom is -0.350 e. The van der Waals surface area contributed by atoms with Crippen molar-refractivity contribution < 1.29 is 9.59 Å². The highest BCUT2D eigenvalue weighted by molar-refractivity contribution is 5.89. The van der Waals surface area contributed by atoms with Gasteiger partial charge in [-0.2, -0.15) is 0 Å². The van der Waals surface area contributed by atoms with Crippen molar-refractivity contribution in [2.75, 3.05) is 26.2 Å². The number of nitrogens with zero attached hydrogens (tertiary/aromatic N) is 2. The van der Waals surface area contributed by atoms with Gasteiger partial charge < -0.3 is 15.5 Å². The van der Waals surface area contributed by atoms with E-state index >= 15 is 0 Å². The molecule has 3 atom stereocenters. The molecule has 3 fully saturated rings. The van der Waals surface area contributed by atoms with Gasteiger partial charge in [-0.1, -0.05) is 73.5 Å². The molecule has 174 valence electrons. The Balaban J connectivity index is 1.21. The third-order valence-corrected chi connectivity index (χ3v) is 7.47. The number of fused-ring (bicyclic) bond motifs is 1. The van der Waals surface area contributed by atoms with Gasteiger partial charge in [-0.3, -0.25) is 14.5 Å². The van der Waals surface area contributed by atoms with Crippen LogP contribution in [-0.4, -0.2) is 65.9 Å². The van der Waals surface area contributed by atoms with Gasteiger partial charge in [0.15, 0.2) is 0 Å². The van der Waals surface area contributed by atoms with E-state index in [1.54, 1.807) is 0 Å². The van der Waals surface area contributed by atoms with E-state index in [-0.39, 0.29) is 30.3 Å². The normalized spacial score (nSPS) is 26.0. The molecule has 2 amide bonds. The van der Waals surface area contributed by atoms with E-state index < -0.39 is 6.04 Å². The summed E-state index contributed by atoms with van der Waals surface area (Å²) < 4.78 is 0. The minimum absolute atomic E-state index is 0.0154. The number of carbonyl (C=O) groups is 2. The topological polar surface area (TPSA) is 64.7 Å². The average Bonchev–Trinajstić information content (AvgIpc) is 2.86. The molecule has 2 aliphatic heterocycles. The van der Waals surface area contributed by atoms with Crippen molar-refractivity contribution in [3.05, 3.63) is 71.8 Å². The van der Waals surface area contributed by atoms with Crippen LogP contribution in [-0.2, 0) is 9.59 Å². The second-order valence-electron chi connectivity index (χ2n) is 9.57. The summed E-state index contributed by atoms with van der Waals surface area (Å²) in [4.78, 5) is 30.0. The maximum atomic E-state index is 13.1. The molecule has 2 heterocycles. The molecule has 0 aromatic heterocycles. The highest BCUT2D eigenvalue weighted by Gasteiger charge is 2.38. The molecule has 3 unspecified atom stereocenters. The first kappa shape index (κ1) is 22.1. The van der Waals surface area contributed by atoms with E-state index in [9.17, 15) is 9.59 Å². The number of hydrogen-bond acceptors (Lipinski definition) is 4. The van der Waals surface area contributed by atoms with Gasteiger partial charge in [0.25, 0.3) is 0 Å². The molecular formula is C27H34N4O2. The number of amides is 2. The zero-order valence-corrected chi connectivity index (χ0v) is 19.2. The van der Waals surface area contributed by atoms with E-state index in [1.807, 2.05) is 17.0 Å². The van der Waals surface area contributed by atoms with Gasteiger partial charge in [-0.15, -0.1) is 0 Å². The van der Waals surface area contributed by atoms with E-state index in [0.717, 1.165) is 25.9 Å². The number of rotatable bonds is 5. The smallest absolute Gasteiger partial charge is 0.237 e. The zero-order chi connectivity index (χ0) is 22.6. The van der Waals surface area contributed by atoms with Crippen molar-refractivity contribution in [2.24, 2.45) is 0 Å². The van der Waals surface area contributed by atoms with Gasteiger partial charge in [0, 0.05) is 38.3 Å². The monoisotopic (exact) mass is 446 g/mol. The summed E-state index contributed by atoms with van der Waals surface area (Å²) in [5.41, 5.74) is 2.54. The van der Waals surface area contributed by atoms with Crippen LogP contribution in [0, 0.1) is 0 Å². The minimum atomic E-state index is -0.406. The van der Waals surface area contributed by atoms with Crippen LogP contribution in [0.5, 0.6) is 0 Å². The van der Waals surface area contributed by atoms with Crippen molar-refractivity contribution in [3.8, 4) is 0 Å². The Hall–Kier alpha value is -2.70. The fraction of sp³-hybridized carbons (Fsp3) is 0.481. The zero-order valence-electron chi connectivity index (χ0n) is 19.2. The highest BCUT2D eigenvalue weighted by Crippen LogP contribution is 2.29. The maximum absolute atomic E-state index is 13.1. The van der Waals surface area contributed by atoms with Gasteiger partial charge in [-0.25, -0.2) is 0 Å². The Kier molecular flexibility index (Phi) is 6.74. The SMILES string of the molecule is O=C1NC2CCCCC2NC1CC(=O)N1CCN(C(c2ccccc2)c2ccccc2)CC1. The van der Waals surface area contributed by atoms with Crippen molar-refractivity contribution in [1.82, 2.24) is 20.4 Å². The number of piperazine rings is 2. The molecule has 2 N–H and O–H groups in total. The van der Waals surface area contributed by atoms with Crippen LogP contribution in [0.3, 0.4) is 0 Å². The molecule has 2 aromatic rings. The molecule has 1 aliphatic carbocycles. The molecule has 0 radical (unpaired) electrons. The van der Waals surface area contributed by atoms with E-state index in [2.05, 4.69) is 64.1 Å². The lowest BCUT2D eigenvalue weighted by atomic mass is 9.87. The Morgan fingerprint density at radius 1 is 0.848 bits per heavy atom. The van der Waals surface area contributed by atoms with Crippen molar-refractivity contribution in [1.29, 1.82) is 0 Å². The molecule has 33 heavy (non-hydrogen) atoms. The van der Waals surface area contributed by atoms with Gasteiger partial charge in [0.05, 0.1) is 18.5 Å². The molecule has 0 bridgehead atoms. The Bertz CT molecular complexity index is 904. The molecule has 2 aromatic carbocycles. The molecular weight excluding hydrogens is 412 g/mol. The second kappa shape index (κ2) is 10.1. The molecule has 5 rings (SSSR count). The largest absolute Gasteiger partial charge is 0.350 e. The average molecular weight is 447 g/mol. The van der Waals surface area contributed by atoms with Crippen LogP contribution in [0.2, 0.25) is 0 Å². The molecule has 6 nitrogen and oxygen atoms in total. The summed E-state index contributed by atoms with van der Waals surface area (Å²) in [6.45, 7) is 3.01. The molecule has 0 spiro atoms. The Morgan fingerprint density at radius 3 is 2.03 bits per heavy atom. The second-order valence-corrected chi connectivity index (χ2v) is 9.57. The predicted octanol–water partition coefficient (Wildman–Crippen LogP) is 2.71. The number of nitrogens with one attached hydrogen (secondary N) is 2. The first-order valence-corrected chi connectivity index (χ1v) is 12.4. The lowest BCUT2D eigenvalue weighted by Crippen LogP contribution is -2.65. The van der Waals surface area contributed by atoms with Gasteiger partial charge in [0.1, 0.15) is 0 Å². The summed E-state index contributed by atoms with van der Waals surface area (Å²) >= 11 is 0. The third kappa shape index (κ3) is 4.97. The lowest BCUT2D eigenvalue weighted by molar-refractivity contribution is -0.138. The Labute approximate surface area is 196 Å². The van der Waals surface area contributed by atoms with Crippen LogP contribution in [0.25, 0.3) is 0 Å². The van der Waals surface area contributed by atoms with Crippen molar-refractivity contribution >= 4 is 11.8 Å². The summed E-state index contributed by atoms with van der Waals surface area (Å²) in [5.74, 6) is 0.0610. The van der Waals surface area contributed by atoms with Crippen LogP contribution in [0.1, 0.15) is 49.3 Å². The first-order chi connectivity index (χ1) is 16.2. The van der Waals surface area contributed by atoms with Gasteiger partial charge in [-0.05, 0) is 24.0 Å². The summed E-state index contributed by atoms with van der Waals surface area (Å²) in [6.07, 6.45) is 4.72. The van der Waals surface area contributed by atoms with Crippen LogP contribution in [0.4, 0.5) is 0 Å². The first-order valence-electron chi connectivity index (χ1n) is 12.4. The summed E-state index contributed by atoms with van der Waals surface area (Å²) in [6, 6.07) is 21.5. The quantitative estimate of drug-likeness (QED) is 0.741. The lowest BCUT2D eigenvalue weighted by Gasteiger charge is -2.42. The highest BCUT2D eigenvalue weighted by atomic mass is 16.2. The molecule has 2 saturated heterocycles. The van der Waals surface area contributed by atoms with Gasteiger partial charge >= 0.3 is 0 Å². The fourth-order valence-corrected chi connectivity index (χ4v) is 5.69. The number of benzene rings is 2. The predicted molar refractivity (Wildman–Crippen MR) is 129 cm³/mol. The summed E-state index contributed by atoms with van der Waals surface area (Å²) in [7, 11) is 0. The van der Waals surface area contributed by atoms with E-state index in [0.29, 0.717) is 19.1 Å². The molecule has 1 saturated carbocycles. The fourth-order valence-electron chi connectivity index (χ4n) is 5.69. The van der Waals surface area contributed by atoms with E-state index in [4.69, 9.17) is 0 Å². The van der Waals surface area contributed by atoms with Gasteiger partial charge in [0.2, 0.25) is 11.8 Å². The van der Waals surface area contributed by atoms with Crippen molar-refractivity contribution in [3.63, 3.8) is 0 Å². The number of carbonyl (C=O) groups excluding carboxylic acids is 2. The van der Waals surface area contributed by atoms with Crippen LogP contribution >= 0.6 is 0 Å². The standard InChI is InChI=1S/C27H34N4O2/c32-25(19-24-27(33)29-23-14-8-7-13-22(23)28-24)30-15-17-31(18-16-30)26(20-9-3-1-4-10-20)21-11-5-2-6-12-21/h1-6,9-12,22-24,26,28H,7-8,13-19H2,(H,29,33). The molecule has 6 heteroatoms. The molecule has 3 aliphatic rings. The van der Waals surface area contributed by atoms with E-state index in [1.165, 1.54) is 24.0 Å². The number of hydrogen-bond donors (Lipinski definition) is 2. The van der Waals surface area contributed by atoms with Crippen LogP contribution < -0.4 is 10.6 Å². The van der Waals surface area contributed by atoms with Crippen molar-refractivity contribution in [2.45, 2.75) is 56.3 Å². The summed E-state index contributed by atoms with van der Waals surface area (Å²) in [5, 5.41) is 6.63. The Morgan fingerprint density at radius 2 is 1.42 bits per heavy atom. The van der Waals surface area contributed by atoms with Crippen LogP contribution in [0.15, 0.2) is 60.7 Å².